The molecule has 124 valence electrons. The highest BCUT2D eigenvalue weighted by Crippen LogP contribution is 2.36. The number of nitrogens with zero attached hydrogens (tertiary/aromatic N) is 2. The third-order valence-electron chi connectivity index (χ3n) is 5.17. The molecule has 1 fully saturated rings. The van der Waals surface area contributed by atoms with Gasteiger partial charge in [-0.25, -0.2) is 4.98 Å². The average molecular weight is 337 g/mol. The van der Waals surface area contributed by atoms with E-state index in [0.29, 0.717) is 6.04 Å². The molecule has 0 bridgehead atoms. The molecule has 2 nitrogen and oxygen atoms in total. The first kappa shape index (κ1) is 15.8. The van der Waals surface area contributed by atoms with Gasteiger partial charge in [0.25, 0.3) is 0 Å². The van der Waals surface area contributed by atoms with Crippen LogP contribution in [-0.4, -0.2) is 16.4 Å². The summed E-state index contributed by atoms with van der Waals surface area (Å²) in [7, 11) is 0. The molecule has 1 aromatic heterocycles. The van der Waals surface area contributed by atoms with E-state index in [0.717, 1.165) is 12.1 Å². The zero-order valence-corrected chi connectivity index (χ0v) is 15.3. The number of aryl methyl sites for hydroxylation is 2. The summed E-state index contributed by atoms with van der Waals surface area (Å²) in [5.74, 6) is 0. The van der Waals surface area contributed by atoms with Gasteiger partial charge in [0.05, 0.1) is 16.3 Å². The normalized spacial score (nSPS) is 19.0. The first-order valence-electron chi connectivity index (χ1n) is 8.86. The fraction of sp³-hybridized carbons (Fsp3) is 0.381. The second kappa shape index (κ2) is 6.66. The van der Waals surface area contributed by atoms with Crippen molar-refractivity contribution in [3.63, 3.8) is 0 Å². The number of rotatable bonds is 3. The van der Waals surface area contributed by atoms with Crippen LogP contribution in [0.25, 0.3) is 10.2 Å². The van der Waals surface area contributed by atoms with Crippen molar-refractivity contribution < 1.29 is 0 Å². The first-order valence-corrected chi connectivity index (χ1v) is 9.68. The van der Waals surface area contributed by atoms with Crippen LogP contribution in [0.5, 0.6) is 0 Å². The summed E-state index contributed by atoms with van der Waals surface area (Å²) in [5.41, 5.74) is 5.33. The van der Waals surface area contributed by atoms with Crippen molar-refractivity contribution in [3.05, 3.63) is 64.2 Å². The SMILES string of the molecule is Cc1ccc(CN2CCCCC2c2nc3ccccc3s2)cc1C. The Morgan fingerprint density at radius 3 is 2.79 bits per heavy atom. The molecule has 0 saturated carbocycles. The van der Waals surface area contributed by atoms with E-state index < -0.39 is 0 Å². The Bertz CT molecular complexity index is 819. The number of likely N-dealkylation sites (tertiary alicyclic amines) is 1. The highest BCUT2D eigenvalue weighted by Gasteiger charge is 2.26. The Labute approximate surface area is 148 Å². The van der Waals surface area contributed by atoms with E-state index in [9.17, 15) is 0 Å². The van der Waals surface area contributed by atoms with Gasteiger partial charge in [0, 0.05) is 6.54 Å². The maximum atomic E-state index is 4.94. The van der Waals surface area contributed by atoms with Crippen LogP contribution in [0.2, 0.25) is 0 Å². The van der Waals surface area contributed by atoms with Crippen molar-refractivity contribution in [1.29, 1.82) is 0 Å². The van der Waals surface area contributed by atoms with E-state index in [1.54, 1.807) is 0 Å². The Kier molecular flexibility index (Phi) is 4.38. The largest absolute Gasteiger partial charge is 0.290 e. The van der Waals surface area contributed by atoms with Gasteiger partial charge in [0.15, 0.2) is 0 Å². The number of hydrogen-bond acceptors (Lipinski definition) is 3. The maximum Gasteiger partial charge on any atom is 0.111 e. The molecule has 0 aliphatic carbocycles. The third kappa shape index (κ3) is 3.11. The summed E-state index contributed by atoms with van der Waals surface area (Å²) in [6.07, 6.45) is 3.83. The number of piperidine rings is 1. The van der Waals surface area contributed by atoms with E-state index in [1.165, 1.54) is 52.2 Å². The Morgan fingerprint density at radius 1 is 1.08 bits per heavy atom. The highest BCUT2D eigenvalue weighted by atomic mass is 32.1. The van der Waals surface area contributed by atoms with E-state index in [1.807, 2.05) is 11.3 Å². The van der Waals surface area contributed by atoms with Crippen molar-refractivity contribution >= 4 is 21.6 Å². The van der Waals surface area contributed by atoms with Crippen LogP contribution in [0.3, 0.4) is 0 Å². The summed E-state index contributed by atoms with van der Waals surface area (Å²) < 4.78 is 1.31. The molecule has 0 radical (unpaired) electrons. The minimum absolute atomic E-state index is 0.470. The van der Waals surface area contributed by atoms with Gasteiger partial charge in [-0.2, -0.15) is 0 Å². The van der Waals surface area contributed by atoms with Crippen LogP contribution in [-0.2, 0) is 6.54 Å². The molecular weight excluding hydrogens is 312 g/mol. The number of thiazole rings is 1. The minimum atomic E-state index is 0.470. The zero-order chi connectivity index (χ0) is 16.5. The van der Waals surface area contributed by atoms with Crippen LogP contribution in [0.1, 0.15) is 47.0 Å². The average Bonchev–Trinajstić information content (AvgIpc) is 3.02. The van der Waals surface area contributed by atoms with Gasteiger partial charge >= 0.3 is 0 Å². The molecule has 1 atom stereocenters. The molecular formula is C21H24N2S. The van der Waals surface area contributed by atoms with Crippen LogP contribution in [0.4, 0.5) is 0 Å². The molecule has 1 aliphatic rings. The molecule has 2 aromatic carbocycles. The number of fused-ring (bicyclic) bond motifs is 1. The molecule has 1 unspecified atom stereocenters. The molecule has 0 amide bonds. The van der Waals surface area contributed by atoms with Crippen LogP contribution in [0, 0.1) is 13.8 Å². The van der Waals surface area contributed by atoms with E-state index in [-0.39, 0.29) is 0 Å². The van der Waals surface area contributed by atoms with Gasteiger partial charge in [-0.1, -0.05) is 36.8 Å². The number of hydrogen-bond donors (Lipinski definition) is 0. The lowest BCUT2D eigenvalue weighted by atomic mass is 10.0. The predicted molar refractivity (Wildman–Crippen MR) is 103 cm³/mol. The van der Waals surface area contributed by atoms with Crippen LogP contribution in [0.15, 0.2) is 42.5 Å². The van der Waals surface area contributed by atoms with Gasteiger partial charge in [-0.15, -0.1) is 11.3 Å². The van der Waals surface area contributed by atoms with Gasteiger partial charge in [0.1, 0.15) is 5.01 Å². The van der Waals surface area contributed by atoms with Crippen LogP contribution >= 0.6 is 11.3 Å². The second-order valence-corrected chi connectivity index (χ2v) is 7.98. The monoisotopic (exact) mass is 336 g/mol. The number of benzene rings is 2. The van der Waals surface area contributed by atoms with Crippen LogP contribution < -0.4 is 0 Å². The van der Waals surface area contributed by atoms with Gasteiger partial charge in [-0.05, 0) is 62.1 Å². The molecule has 1 saturated heterocycles. The molecule has 1 aliphatic heterocycles. The zero-order valence-electron chi connectivity index (χ0n) is 14.5. The lowest BCUT2D eigenvalue weighted by Gasteiger charge is -2.34. The van der Waals surface area contributed by atoms with E-state index in [2.05, 4.69) is 61.2 Å². The minimum Gasteiger partial charge on any atom is -0.290 e. The Morgan fingerprint density at radius 2 is 1.96 bits per heavy atom. The molecule has 0 N–H and O–H groups in total. The Balaban J connectivity index is 1.61. The molecule has 3 heteroatoms. The van der Waals surface area contributed by atoms with Gasteiger partial charge in [-0.3, -0.25) is 4.90 Å². The van der Waals surface area contributed by atoms with Crippen molar-refractivity contribution in [1.82, 2.24) is 9.88 Å². The Hall–Kier alpha value is -1.71. The number of aromatic nitrogens is 1. The molecule has 0 spiro atoms. The van der Waals surface area contributed by atoms with E-state index in [4.69, 9.17) is 4.98 Å². The van der Waals surface area contributed by atoms with Crippen molar-refractivity contribution in [2.45, 2.75) is 45.7 Å². The third-order valence-corrected chi connectivity index (χ3v) is 6.30. The molecule has 4 rings (SSSR count). The van der Waals surface area contributed by atoms with Crippen molar-refractivity contribution in [3.8, 4) is 0 Å². The van der Waals surface area contributed by atoms with Gasteiger partial charge < -0.3 is 0 Å². The van der Waals surface area contributed by atoms with Crippen molar-refractivity contribution in [2.24, 2.45) is 0 Å². The standard InChI is InChI=1S/C21H24N2S/c1-15-10-11-17(13-16(15)2)14-23-12-6-5-8-19(23)21-22-18-7-3-4-9-20(18)24-21/h3-4,7,9-11,13,19H,5-6,8,12,14H2,1-2H3. The van der Waals surface area contributed by atoms with E-state index >= 15 is 0 Å². The lowest BCUT2D eigenvalue weighted by molar-refractivity contribution is 0.140. The smallest absolute Gasteiger partial charge is 0.111 e. The lowest BCUT2D eigenvalue weighted by Crippen LogP contribution is -2.32. The predicted octanol–water partition coefficient (Wildman–Crippen LogP) is 5.64. The summed E-state index contributed by atoms with van der Waals surface area (Å²) in [6.45, 7) is 6.60. The number of para-hydroxylation sites is 1. The quantitative estimate of drug-likeness (QED) is 0.615. The second-order valence-electron chi connectivity index (χ2n) is 6.92. The maximum absolute atomic E-state index is 4.94. The summed E-state index contributed by atoms with van der Waals surface area (Å²) >= 11 is 1.87. The molecule has 24 heavy (non-hydrogen) atoms. The highest BCUT2D eigenvalue weighted by molar-refractivity contribution is 7.18. The summed E-state index contributed by atoms with van der Waals surface area (Å²) in [5, 5.41) is 1.29. The topological polar surface area (TPSA) is 16.1 Å². The summed E-state index contributed by atoms with van der Waals surface area (Å²) in [6, 6.07) is 15.9. The summed E-state index contributed by atoms with van der Waals surface area (Å²) in [4.78, 5) is 7.57. The fourth-order valence-electron chi connectivity index (χ4n) is 3.63. The van der Waals surface area contributed by atoms with Gasteiger partial charge in [0.2, 0.25) is 0 Å². The molecule has 3 aromatic rings. The fourth-order valence-corrected chi connectivity index (χ4v) is 4.77. The first-order chi connectivity index (χ1) is 11.7. The molecule has 2 heterocycles. The van der Waals surface area contributed by atoms with Crippen molar-refractivity contribution in [2.75, 3.05) is 6.54 Å².